The van der Waals surface area contributed by atoms with E-state index >= 15 is 0 Å². The number of aryl methyl sites for hydroxylation is 2. The molecule has 7 nitrogen and oxygen atoms in total. The molecule has 32 heavy (non-hydrogen) atoms. The lowest BCUT2D eigenvalue weighted by Gasteiger charge is -2.19. The number of nitrogens with one attached hydrogen (secondary N) is 2. The quantitative estimate of drug-likeness (QED) is 0.512. The van der Waals surface area contributed by atoms with E-state index in [0.29, 0.717) is 39.0 Å². The van der Waals surface area contributed by atoms with Crippen molar-refractivity contribution >= 4 is 51.5 Å². The molecule has 1 aliphatic heterocycles. The van der Waals surface area contributed by atoms with Crippen LogP contribution >= 0.6 is 34.5 Å². The third-order valence-electron chi connectivity index (χ3n) is 7.19. The summed E-state index contributed by atoms with van der Waals surface area (Å²) in [5, 5.41) is 14.1. The number of thiazole rings is 1. The van der Waals surface area contributed by atoms with Crippen molar-refractivity contribution in [1.82, 2.24) is 15.3 Å². The molecule has 0 unspecified atom stereocenters. The number of nitrogens with zero attached hydrogens (tertiary/aromatic N) is 2. The van der Waals surface area contributed by atoms with E-state index in [1.54, 1.807) is 6.92 Å². The summed E-state index contributed by atoms with van der Waals surface area (Å²) in [6, 6.07) is 0.0953. The molecule has 2 aromatic rings. The monoisotopic (exact) mass is 496 g/mol. The number of rotatable bonds is 7. The normalized spacial score (nSPS) is 24.7. The van der Waals surface area contributed by atoms with E-state index in [2.05, 4.69) is 15.2 Å². The fourth-order valence-electron chi connectivity index (χ4n) is 5.30. The minimum Gasteiger partial charge on any atom is -0.477 e. The van der Waals surface area contributed by atoms with Crippen molar-refractivity contribution in [2.75, 3.05) is 18.0 Å². The Morgan fingerprint density at radius 3 is 2.50 bits per heavy atom. The maximum atomic E-state index is 12.6. The Labute approximate surface area is 200 Å². The van der Waals surface area contributed by atoms with Crippen molar-refractivity contribution in [3.05, 3.63) is 32.0 Å². The number of H-pyrrole nitrogens is 1. The molecule has 2 aliphatic carbocycles. The van der Waals surface area contributed by atoms with Gasteiger partial charge in [-0.2, -0.15) is 0 Å². The molecule has 1 saturated heterocycles. The molecule has 3 fully saturated rings. The number of halogens is 2. The molecule has 2 saturated carbocycles. The highest BCUT2D eigenvalue weighted by Gasteiger charge is 2.57. The van der Waals surface area contributed by atoms with E-state index in [9.17, 15) is 14.7 Å². The number of aromatic amines is 1. The zero-order valence-electron chi connectivity index (χ0n) is 17.8. The van der Waals surface area contributed by atoms with Crippen molar-refractivity contribution in [3.63, 3.8) is 0 Å². The van der Waals surface area contributed by atoms with Crippen LogP contribution in [0.1, 0.15) is 63.7 Å². The second-order valence-electron chi connectivity index (χ2n) is 9.25. The van der Waals surface area contributed by atoms with Crippen molar-refractivity contribution in [1.29, 1.82) is 0 Å². The molecule has 0 spiro atoms. The SMILES string of the molecule is Cc1[nH]c(C(=O)N[C@H]2[C@@H]3CN(c4nc(CCC5CCCC5)c(C(=O)O)s4)C[C@@H]32)c(Cl)c1Cl. The molecule has 0 aromatic carbocycles. The topological polar surface area (TPSA) is 98.3 Å². The summed E-state index contributed by atoms with van der Waals surface area (Å²) in [5.74, 6) is 0.248. The van der Waals surface area contributed by atoms with Crippen molar-refractivity contribution < 1.29 is 14.7 Å². The van der Waals surface area contributed by atoms with Crippen molar-refractivity contribution in [2.45, 2.75) is 51.5 Å². The molecule has 3 aliphatic rings. The number of carbonyl (C=O) groups is 2. The fraction of sp³-hybridized carbons (Fsp3) is 0.591. The van der Waals surface area contributed by atoms with Gasteiger partial charge in [-0.15, -0.1) is 0 Å². The van der Waals surface area contributed by atoms with Gasteiger partial charge in [-0.05, 0) is 25.7 Å². The van der Waals surface area contributed by atoms with Gasteiger partial charge in [-0.25, -0.2) is 9.78 Å². The van der Waals surface area contributed by atoms with Gasteiger partial charge in [0.2, 0.25) is 0 Å². The lowest BCUT2D eigenvalue weighted by molar-refractivity contribution is 0.0700. The largest absolute Gasteiger partial charge is 0.477 e. The van der Waals surface area contributed by atoms with E-state index in [4.69, 9.17) is 28.2 Å². The van der Waals surface area contributed by atoms with Gasteiger partial charge in [-0.3, -0.25) is 4.79 Å². The summed E-state index contributed by atoms with van der Waals surface area (Å²) in [7, 11) is 0. The number of aromatic carboxylic acids is 1. The number of amides is 1. The smallest absolute Gasteiger partial charge is 0.347 e. The van der Waals surface area contributed by atoms with Gasteiger partial charge in [0.1, 0.15) is 10.6 Å². The lowest BCUT2D eigenvalue weighted by Crippen LogP contribution is -2.34. The molecule has 3 atom stereocenters. The van der Waals surface area contributed by atoms with Gasteiger partial charge in [0.15, 0.2) is 5.13 Å². The standard InChI is InChI=1S/C22H26Cl2N4O3S/c1-10-15(23)16(24)18(25-10)20(29)27-17-12-8-28(9-13(12)17)22-26-14(19(32-22)21(30)31)7-6-11-4-2-3-5-11/h11-13,17,25H,2-9H2,1H3,(H,27,29)(H,30,31)/t12-,13+,17+. The van der Waals surface area contributed by atoms with Crippen LogP contribution in [0.25, 0.3) is 0 Å². The third kappa shape index (κ3) is 4.01. The minimum absolute atomic E-state index is 0.0953. The summed E-state index contributed by atoms with van der Waals surface area (Å²) in [5.41, 5.74) is 1.70. The Kier molecular flexibility index (Phi) is 5.88. The molecule has 0 radical (unpaired) electrons. The Bertz CT molecular complexity index is 1050. The zero-order chi connectivity index (χ0) is 22.6. The molecule has 10 heteroatoms. The number of aromatic nitrogens is 2. The fourth-order valence-corrected chi connectivity index (χ4v) is 6.69. The summed E-state index contributed by atoms with van der Waals surface area (Å²) >= 11 is 13.5. The first kappa shape index (κ1) is 22.0. The van der Waals surface area contributed by atoms with Crippen LogP contribution in [0.5, 0.6) is 0 Å². The average molecular weight is 497 g/mol. The maximum Gasteiger partial charge on any atom is 0.347 e. The maximum absolute atomic E-state index is 12.6. The Balaban J connectivity index is 1.20. The Hall–Kier alpha value is -1.77. The zero-order valence-corrected chi connectivity index (χ0v) is 20.1. The second-order valence-corrected chi connectivity index (χ2v) is 11.0. The van der Waals surface area contributed by atoms with Gasteiger partial charge in [0, 0.05) is 36.7 Å². The molecular formula is C22H26Cl2N4O3S. The number of carboxylic acids is 1. The first-order chi connectivity index (χ1) is 15.3. The number of fused-ring (bicyclic) bond motifs is 1. The van der Waals surface area contributed by atoms with Gasteiger partial charge < -0.3 is 20.3 Å². The van der Waals surface area contributed by atoms with Crippen LogP contribution in [0, 0.1) is 24.7 Å². The molecule has 172 valence electrons. The van der Waals surface area contributed by atoms with Crippen LogP contribution in [0.2, 0.25) is 10.0 Å². The van der Waals surface area contributed by atoms with E-state index in [1.165, 1.54) is 37.0 Å². The van der Waals surface area contributed by atoms with E-state index < -0.39 is 5.97 Å². The van der Waals surface area contributed by atoms with Crippen LogP contribution < -0.4 is 10.2 Å². The van der Waals surface area contributed by atoms with Crippen molar-refractivity contribution in [3.8, 4) is 0 Å². The predicted octanol–water partition coefficient (Wildman–Crippen LogP) is 4.77. The summed E-state index contributed by atoms with van der Waals surface area (Å²) in [6.07, 6.45) is 6.84. The number of anilines is 1. The first-order valence-corrected chi connectivity index (χ1v) is 12.7. The Morgan fingerprint density at radius 1 is 1.22 bits per heavy atom. The number of hydrogen-bond acceptors (Lipinski definition) is 5. The van der Waals surface area contributed by atoms with E-state index in [-0.39, 0.29) is 17.0 Å². The highest BCUT2D eigenvalue weighted by Crippen LogP contribution is 2.48. The molecule has 5 rings (SSSR count). The van der Waals surface area contributed by atoms with Gasteiger partial charge in [0.05, 0.1) is 15.7 Å². The van der Waals surface area contributed by atoms with Crippen molar-refractivity contribution in [2.24, 2.45) is 17.8 Å². The molecule has 2 aromatic heterocycles. The molecular weight excluding hydrogens is 471 g/mol. The summed E-state index contributed by atoms with van der Waals surface area (Å²) in [4.78, 5) is 34.6. The molecule has 0 bridgehead atoms. The second kappa shape index (κ2) is 8.54. The van der Waals surface area contributed by atoms with Gasteiger partial charge in [0.25, 0.3) is 5.91 Å². The average Bonchev–Trinajstić information content (AvgIpc) is 3.34. The van der Waals surface area contributed by atoms with Crippen LogP contribution in [0.3, 0.4) is 0 Å². The molecule has 3 N–H and O–H groups in total. The number of hydrogen-bond donors (Lipinski definition) is 3. The Morgan fingerprint density at radius 2 is 1.91 bits per heavy atom. The van der Waals surface area contributed by atoms with Gasteiger partial charge >= 0.3 is 5.97 Å². The molecule has 1 amide bonds. The predicted molar refractivity (Wildman–Crippen MR) is 125 cm³/mol. The number of piperidine rings is 1. The van der Waals surface area contributed by atoms with Gasteiger partial charge in [-0.1, -0.05) is 60.2 Å². The minimum atomic E-state index is -0.888. The van der Waals surface area contributed by atoms with Crippen LogP contribution in [0.15, 0.2) is 0 Å². The first-order valence-electron chi connectivity index (χ1n) is 11.2. The highest BCUT2D eigenvalue weighted by molar-refractivity contribution is 7.17. The van der Waals surface area contributed by atoms with Crippen LogP contribution in [0.4, 0.5) is 5.13 Å². The van der Waals surface area contributed by atoms with Crippen LogP contribution in [-0.2, 0) is 6.42 Å². The van der Waals surface area contributed by atoms with E-state index in [1.807, 2.05) is 0 Å². The molecule has 3 heterocycles. The van der Waals surface area contributed by atoms with Crippen LogP contribution in [-0.4, -0.2) is 46.1 Å². The highest BCUT2D eigenvalue weighted by atomic mass is 35.5. The number of carboxylic acid groups (broad SMARTS) is 1. The summed E-state index contributed by atoms with van der Waals surface area (Å²) in [6.45, 7) is 3.31. The number of carbonyl (C=O) groups excluding carboxylic acids is 1. The lowest BCUT2D eigenvalue weighted by atomic mass is 10.0. The van der Waals surface area contributed by atoms with E-state index in [0.717, 1.165) is 36.8 Å². The third-order valence-corrected chi connectivity index (χ3v) is 9.28. The summed E-state index contributed by atoms with van der Waals surface area (Å²) < 4.78 is 0.